The van der Waals surface area contributed by atoms with Crippen molar-refractivity contribution in [2.75, 3.05) is 37.7 Å². The Bertz CT molecular complexity index is 804. The quantitative estimate of drug-likeness (QED) is 0.786. The van der Waals surface area contributed by atoms with Gasteiger partial charge in [0.1, 0.15) is 17.2 Å². The molecule has 0 aliphatic carbocycles. The number of benzene rings is 1. The van der Waals surface area contributed by atoms with Crippen molar-refractivity contribution in [3.63, 3.8) is 0 Å². The number of halogens is 1. The molecule has 6 nitrogen and oxygen atoms in total. The van der Waals surface area contributed by atoms with Crippen LogP contribution in [0.5, 0.6) is 0 Å². The molecule has 1 saturated heterocycles. The topological polar surface area (TPSA) is 62.7 Å². The van der Waals surface area contributed by atoms with E-state index in [1.165, 1.54) is 12.1 Å². The number of nitrogens with zero attached hydrogens (tertiary/aromatic N) is 3. The monoisotopic (exact) mass is 357 g/mol. The minimum Gasteiger partial charge on any atom is -0.461 e. The predicted octanol–water partition coefficient (Wildman–Crippen LogP) is 2.36. The van der Waals surface area contributed by atoms with E-state index in [1.54, 1.807) is 42.2 Å². The summed E-state index contributed by atoms with van der Waals surface area (Å²) in [6, 6.07) is 11.3. The second-order valence-corrected chi connectivity index (χ2v) is 5.86. The molecule has 0 radical (unpaired) electrons. The van der Waals surface area contributed by atoms with Gasteiger partial charge in [0.2, 0.25) is 0 Å². The van der Waals surface area contributed by atoms with E-state index in [9.17, 15) is 14.0 Å². The average Bonchev–Trinajstić information content (AvgIpc) is 2.68. The number of aromatic nitrogens is 1. The highest BCUT2D eigenvalue weighted by molar-refractivity contribution is 5.94. The summed E-state index contributed by atoms with van der Waals surface area (Å²) in [4.78, 5) is 32.1. The first-order valence-corrected chi connectivity index (χ1v) is 8.53. The number of esters is 1. The Morgan fingerprint density at radius 1 is 1.04 bits per heavy atom. The van der Waals surface area contributed by atoms with Gasteiger partial charge in [-0.1, -0.05) is 18.2 Å². The zero-order valence-electron chi connectivity index (χ0n) is 14.5. The Labute approximate surface area is 151 Å². The van der Waals surface area contributed by atoms with Gasteiger partial charge in [0.05, 0.1) is 12.3 Å². The van der Waals surface area contributed by atoms with Crippen LogP contribution in [0.25, 0.3) is 0 Å². The lowest BCUT2D eigenvalue weighted by Gasteiger charge is -2.36. The predicted molar refractivity (Wildman–Crippen MR) is 94.7 cm³/mol. The Balaban J connectivity index is 1.66. The molecule has 0 bridgehead atoms. The average molecular weight is 357 g/mol. The molecule has 1 aliphatic heterocycles. The zero-order valence-corrected chi connectivity index (χ0v) is 14.5. The number of amides is 1. The maximum absolute atomic E-state index is 13.9. The Morgan fingerprint density at radius 3 is 2.42 bits per heavy atom. The number of carbonyl (C=O) groups excluding carboxylic acids is 2. The Kier molecular flexibility index (Phi) is 5.46. The third kappa shape index (κ3) is 3.82. The molecule has 0 atom stereocenters. The van der Waals surface area contributed by atoms with Crippen molar-refractivity contribution in [2.45, 2.75) is 6.92 Å². The van der Waals surface area contributed by atoms with E-state index in [1.807, 2.05) is 4.90 Å². The van der Waals surface area contributed by atoms with Crippen molar-refractivity contribution in [3.8, 4) is 0 Å². The van der Waals surface area contributed by atoms with Crippen LogP contribution in [0.15, 0.2) is 42.5 Å². The molecule has 1 fully saturated rings. The van der Waals surface area contributed by atoms with Crippen molar-refractivity contribution in [1.29, 1.82) is 0 Å². The first-order chi connectivity index (χ1) is 12.6. The van der Waals surface area contributed by atoms with Crippen LogP contribution in [0.4, 0.5) is 10.1 Å². The lowest BCUT2D eigenvalue weighted by molar-refractivity contribution is 0.0519. The number of hydrogen-bond acceptors (Lipinski definition) is 5. The fourth-order valence-electron chi connectivity index (χ4n) is 2.89. The summed E-state index contributed by atoms with van der Waals surface area (Å²) in [5.74, 6) is -1.06. The SMILES string of the molecule is CCOC(=O)c1cccc(C(=O)N2CCN(c3ccccc3F)CC2)n1. The van der Waals surface area contributed by atoms with Crippen LogP contribution in [-0.4, -0.2) is 54.5 Å². The van der Waals surface area contributed by atoms with Crippen molar-refractivity contribution < 1.29 is 18.7 Å². The molecule has 0 spiro atoms. The summed E-state index contributed by atoms with van der Waals surface area (Å²) in [5, 5.41) is 0. The van der Waals surface area contributed by atoms with Gasteiger partial charge in [0.15, 0.2) is 0 Å². The summed E-state index contributed by atoms with van der Waals surface area (Å²) in [6.07, 6.45) is 0. The van der Waals surface area contributed by atoms with Crippen LogP contribution < -0.4 is 4.90 Å². The number of rotatable bonds is 4. The Morgan fingerprint density at radius 2 is 1.73 bits per heavy atom. The fraction of sp³-hybridized carbons (Fsp3) is 0.316. The number of para-hydroxylation sites is 1. The van der Waals surface area contributed by atoms with Crippen molar-refractivity contribution in [2.24, 2.45) is 0 Å². The standard InChI is InChI=1S/C19H20FN3O3/c1-2-26-19(25)16-8-5-7-15(21-16)18(24)23-12-10-22(11-13-23)17-9-4-3-6-14(17)20/h3-9H,2,10-13H2,1H3. The Hall–Kier alpha value is -2.96. The van der Waals surface area contributed by atoms with Crippen molar-refractivity contribution in [3.05, 3.63) is 59.7 Å². The highest BCUT2D eigenvalue weighted by atomic mass is 19.1. The number of hydrogen-bond donors (Lipinski definition) is 0. The number of piperazine rings is 1. The molecule has 1 amide bonds. The molecule has 7 heteroatoms. The third-order valence-electron chi connectivity index (χ3n) is 4.21. The van der Waals surface area contributed by atoms with E-state index in [-0.39, 0.29) is 29.7 Å². The van der Waals surface area contributed by atoms with Gasteiger partial charge in [-0.3, -0.25) is 4.79 Å². The second-order valence-electron chi connectivity index (χ2n) is 5.86. The normalized spacial score (nSPS) is 14.2. The van der Waals surface area contributed by atoms with Gasteiger partial charge < -0.3 is 14.5 Å². The molecular weight excluding hydrogens is 337 g/mol. The van der Waals surface area contributed by atoms with E-state index < -0.39 is 5.97 Å². The summed E-state index contributed by atoms with van der Waals surface area (Å²) in [6.45, 7) is 3.93. The molecular formula is C19H20FN3O3. The lowest BCUT2D eigenvalue weighted by atomic mass is 10.2. The minimum atomic E-state index is -0.550. The molecule has 1 aromatic heterocycles. The van der Waals surface area contributed by atoms with Crippen LogP contribution in [-0.2, 0) is 4.74 Å². The second kappa shape index (κ2) is 7.95. The van der Waals surface area contributed by atoms with E-state index >= 15 is 0 Å². The third-order valence-corrected chi connectivity index (χ3v) is 4.21. The van der Waals surface area contributed by atoms with E-state index in [0.29, 0.717) is 31.9 Å². The van der Waals surface area contributed by atoms with Gasteiger partial charge in [-0.05, 0) is 31.2 Å². The van der Waals surface area contributed by atoms with E-state index in [2.05, 4.69) is 4.98 Å². The van der Waals surface area contributed by atoms with Gasteiger partial charge in [-0.25, -0.2) is 14.2 Å². The molecule has 0 N–H and O–H groups in total. The zero-order chi connectivity index (χ0) is 18.5. The molecule has 2 heterocycles. The molecule has 2 aromatic rings. The number of anilines is 1. The molecule has 26 heavy (non-hydrogen) atoms. The molecule has 1 aromatic carbocycles. The van der Waals surface area contributed by atoms with Crippen LogP contribution >= 0.6 is 0 Å². The summed E-state index contributed by atoms with van der Waals surface area (Å²) in [5.41, 5.74) is 0.861. The summed E-state index contributed by atoms with van der Waals surface area (Å²) < 4.78 is 18.8. The molecule has 3 rings (SSSR count). The van der Waals surface area contributed by atoms with Gasteiger partial charge in [0.25, 0.3) is 5.91 Å². The van der Waals surface area contributed by atoms with Crippen LogP contribution in [0.2, 0.25) is 0 Å². The minimum absolute atomic E-state index is 0.114. The fourth-order valence-corrected chi connectivity index (χ4v) is 2.89. The maximum Gasteiger partial charge on any atom is 0.356 e. The molecule has 0 unspecified atom stereocenters. The first-order valence-electron chi connectivity index (χ1n) is 8.53. The highest BCUT2D eigenvalue weighted by Crippen LogP contribution is 2.20. The van der Waals surface area contributed by atoms with Crippen LogP contribution in [0.3, 0.4) is 0 Å². The van der Waals surface area contributed by atoms with E-state index in [0.717, 1.165) is 0 Å². The maximum atomic E-state index is 13.9. The van der Waals surface area contributed by atoms with Crippen LogP contribution in [0, 0.1) is 5.82 Å². The lowest BCUT2D eigenvalue weighted by Crippen LogP contribution is -2.49. The molecule has 1 aliphatic rings. The molecule has 0 saturated carbocycles. The summed E-state index contributed by atoms with van der Waals surface area (Å²) >= 11 is 0. The smallest absolute Gasteiger partial charge is 0.356 e. The van der Waals surface area contributed by atoms with E-state index in [4.69, 9.17) is 4.74 Å². The summed E-state index contributed by atoms with van der Waals surface area (Å²) in [7, 11) is 0. The number of carbonyl (C=O) groups is 2. The number of pyridine rings is 1. The van der Waals surface area contributed by atoms with Gasteiger partial charge in [0, 0.05) is 26.2 Å². The largest absolute Gasteiger partial charge is 0.461 e. The highest BCUT2D eigenvalue weighted by Gasteiger charge is 2.24. The van der Waals surface area contributed by atoms with Crippen molar-refractivity contribution in [1.82, 2.24) is 9.88 Å². The van der Waals surface area contributed by atoms with Gasteiger partial charge in [-0.2, -0.15) is 0 Å². The number of ether oxygens (including phenoxy) is 1. The van der Waals surface area contributed by atoms with Crippen molar-refractivity contribution >= 4 is 17.6 Å². The van der Waals surface area contributed by atoms with Gasteiger partial charge >= 0.3 is 5.97 Å². The first kappa shape index (κ1) is 17.8. The van der Waals surface area contributed by atoms with Gasteiger partial charge in [-0.15, -0.1) is 0 Å². The van der Waals surface area contributed by atoms with Crippen LogP contribution in [0.1, 0.15) is 27.9 Å². The molecule has 136 valence electrons.